The molecule has 2 unspecified atom stereocenters. The fourth-order valence-electron chi connectivity index (χ4n) is 2.30. The lowest BCUT2D eigenvalue weighted by atomic mass is 10.0. The van der Waals surface area contributed by atoms with Crippen molar-refractivity contribution in [3.8, 4) is 0 Å². The van der Waals surface area contributed by atoms with Gasteiger partial charge in [0.05, 0.1) is 5.69 Å². The Morgan fingerprint density at radius 3 is 2.62 bits per heavy atom. The number of thiazole rings is 1. The quantitative estimate of drug-likeness (QED) is 0.841. The summed E-state index contributed by atoms with van der Waals surface area (Å²) in [6, 6.07) is 11.4. The summed E-state index contributed by atoms with van der Waals surface area (Å²) in [5.74, 6) is 0. The molecule has 0 amide bonds. The third-order valence-corrected chi connectivity index (χ3v) is 5.04. The molecule has 2 rings (SSSR count). The largest absolute Gasteiger partial charge is 0.348 e. The van der Waals surface area contributed by atoms with Crippen molar-refractivity contribution in [2.45, 2.75) is 38.8 Å². The van der Waals surface area contributed by atoms with E-state index < -0.39 is 0 Å². The number of aromatic nitrogens is 1. The van der Waals surface area contributed by atoms with Crippen molar-refractivity contribution in [2.24, 2.45) is 0 Å². The number of anilines is 1. The number of benzene rings is 1. The first-order chi connectivity index (χ1) is 10.2. The highest BCUT2D eigenvalue weighted by atomic mass is 32.1. The minimum atomic E-state index is 0.315. The molecule has 4 heteroatoms. The molecule has 0 radical (unpaired) electrons. The van der Waals surface area contributed by atoms with Gasteiger partial charge in [-0.15, -0.1) is 11.3 Å². The monoisotopic (exact) mass is 303 g/mol. The predicted molar refractivity (Wildman–Crippen MR) is 92.2 cm³/mol. The van der Waals surface area contributed by atoms with Crippen LogP contribution in [0, 0.1) is 0 Å². The van der Waals surface area contributed by atoms with Crippen LogP contribution in [0.5, 0.6) is 0 Å². The highest BCUT2D eigenvalue weighted by Crippen LogP contribution is 2.25. The van der Waals surface area contributed by atoms with Gasteiger partial charge in [0.1, 0.15) is 0 Å². The van der Waals surface area contributed by atoms with Crippen molar-refractivity contribution in [1.29, 1.82) is 0 Å². The molecule has 0 aliphatic rings. The van der Waals surface area contributed by atoms with Crippen molar-refractivity contribution in [1.82, 2.24) is 10.3 Å². The number of hydrogen-bond acceptors (Lipinski definition) is 4. The van der Waals surface area contributed by atoms with E-state index in [2.05, 4.69) is 66.8 Å². The lowest BCUT2D eigenvalue weighted by Gasteiger charge is -2.22. The molecule has 114 valence electrons. The summed E-state index contributed by atoms with van der Waals surface area (Å²) in [6.45, 7) is 4.45. The van der Waals surface area contributed by atoms with Crippen molar-refractivity contribution >= 4 is 16.5 Å². The Hall–Kier alpha value is -1.39. The molecule has 1 aromatic heterocycles. The van der Waals surface area contributed by atoms with Crippen molar-refractivity contribution in [3.63, 3.8) is 0 Å². The molecule has 0 aliphatic heterocycles. The second kappa shape index (κ2) is 7.57. The van der Waals surface area contributed by atoms with Gasteiger partial charge in [-0.05, 0) is 26.0 Å². The summed E-state index contributed by atoms with van der Waals surface area (Å²) in [5, 5.41) is 6.69. The Labute approximate surface area is 132 Å². The summed E-state index contributed by atoms with van der Waals surface area (Å²) in [5.41, 5.74) is 2.47. The second-order valence-corrected chi connectivity index (χ2v) is 6.28. The molecule has 0 bridgehead atoms. The Morgan fingerprint density at radius 1 is 1.29 bits per heavy atom. The Balaban J connectivity index is 2.08. The number of rotatable bonds is 7. The number of hydrogen-bond donors (Lipinski definition) is 1. The third-order valence-electron chi connectivity index (χ3n) is 4.06. The SMILES string of the molecule is CCC(C)N(C)c1nc(CC(NC)c2ccccc2)cs1. The second-order valence-electron chi connectivity index (χ2n) is 5.45. The number of likely N-dealkylation sites (N-methyl/N-ethyl adjacent to an activating group) is 1. The maximum absolute atomic E-state index is 4.80. The van der Waals surface area contributed by atoms with E-state index >= 15 is 0 Å². The van der Waals surface area contributed by atoms with Crippen LogP contribution in [0.4, 0.5) is 5.13 Å². The first kappa shape index (κ1) is 16.0. The van der Waals surface area contributed by atoms with Crippen LogP contribution in [0.15, 0.2) is 35.7 Å². The summed E-state index contributed by atoms with van der Waals surface area (Å²) in [4.78, 5) is 7.07. The van der Waals surface area contributed by atoms with Crippen molar-refractivity contribution < 1.29 is 0 Å². The van der Waals surface area contributed by atoms with Crippen molar-refractivity contribution in [3.05, 3.63) is 47.0 Å². The molecule has 0 saturated carbocycles. The zero-order chi connectivity index (χ0) is 15.2. The van der Waals surface area contributed by atoms with E-state index in [1.54, 1.807) is 11.3 Å². The van der Waals surface area contributed by atoms with Gasteiger partial charge in [0.2, 0.25) is 0 Å². The molecule has 0 aliphatic carbocycles. The van der Waals surface area contributed by atoms with Gasteiger partial charge < -0.3 is 10.2 Å². The first-order valence-electron chi connectivity index (χ1n) is 7.55. The van der Waals surface area contributed by atoms with E-state index in [1.807, 2.05) is 7.05 Å². The average molecular weight is 303 g/mol. The van der Waals surface area contributed by atoms with Crippen LogP contribution in [0.1, 0.15) is 37.6 Å². The third kappa shape index (κ3) is 4.05. The maximum Gasteiger partial charge on any atom is 0.185 e. The molecule has 21 heavy (non-hydrogen) atoms. The van der Waals surface area contributed by atoms with Crippen LogP contribution in [0.3, 0.4) is 0 Å². The standard InChI is InChI=1S/C17H25N3S/c1-5-13(2)20(4)17-19-15(12-21-17)11-16(18-3)14-9-7-6-8-10-14/h6-10,12-13,16,18H,5,11H2,1-4H3. The Kier molecular flexibility index (Phi) is 5.76. The maximum atomic E-state index is 4.80. The molecule has 1 N–H and O–H groups in total. The van der Waals surface area contributed by atoms with Gasteiger partial charge in [-0.1, -0.05) is 37.3 Å². The van der Waals surface area contributed by atoms with E-state index in [1.165, 1.54) is 5.56 Å². The van der Waals surface area contributed by atoms with Crippen LogP contribution in [0.25, 0.3) is 0 Å². The van der Waals surface area contributed by atoms with Crippen molar-refractivity contribution in [2.75, 3.05) is 19.0 Å². The van der Waals surface area contributed by atoms with Crippen LogP contribution < -0.4 is 10.2 Å². The minimum absolute atomic E-state index is 0.315. The lowest BCUT2D eigenvalue weighted by Crippen LogP contribution is -2.27. The Morgan fingerprint density at radius 2 is 2.00 bits per heavy atom. The van der Waals surface area contributed by atoms with Gasteiger partial charge >= 0.3 is 0 Å². The first-order valence-corrected chi connectivity index (χ1v) is 8.43. The van der Waals surface area contributed by atoms with E-state index in [4.69, 9.17) is 4.98 Å². The zero-order valence-electron chi connectivity index (χ0n) is 13.3. The highest BCUT2D eigenvalue weighted by Gasteiger charge is 2.15. The van der Waals surface area contributed by atoms with Gasteiger partial charge in [0, 0.05) is 30.9 Å². The molecule has 0 fully saturated rings. The molecule has 2 aromatic rings. The van der Waals surface area contributed by atoms with Crippen LogP contribution in [0.2, 0.25) is 0 Å². The molecule has 3 nitrogen and oxygen atoms in total. The predicted octanol–water partition coefficient (Wildman–Crippen LogP) is 3.88. The summed E-state index contributed by atoms with van der Waals surface area (Å²) in [6.07, 6.45) is 2.06. The lowest BCUT2D eigenvalue weighted by molar-refractivity contribution is 0.585. The number of nitrogens with one attached hydrogen (secondary N) is 1. The van der Waals surface area contributed by atoms with Gasteiger partial charge in [-0.3, -0.25) is 0 Å². The molecule has 0 saturated heterocycles. The van der Waals surface area contributed by atoms with E-state index in [-0.39, 0.29) is 0 Å². The van der Waals surface area contributed by atoms with E-state index in [0.29, 0.717) is 12.1 Å². The van der Waals surface area contributed by atoms with Gasteiger partial charge in [0.15, 0.2) is 5.13 Å². The van der Waals surface area contributed by atoms with E-state index in [0.717, 1.165) is 23.7 Å². The topological polar surface area (TPSA) is 28.2 Å². The fraction of sp³-hybridized carbons (Fsp3) is 0.471. The summed E-state index contributed by atoms with van der Waals surface area (Å²) in [7, 11) is 4.14. The summed E-state index contributed by atoms with van der Waals surface area (Å²) >= 11 is 1.74. The molecule has 2 atom stereocenters. The summed E-state index contributed by atoms with van der Waals surface area (Å²) < 4.78 is 0. The average Bonchev–Trinajstić information content (AvgIpc) is 3.00. The van der Waals surface area contributed by atoms with E-state index in [9.17, 15) is 0 Å². The molecular weight excluding hydrogens is 278 g/mol. The zero-order valence-corrected chi connectivity index (χ0v) is 14.2. The Bertz CT molecular complexity index is 538. The number of nitrogens with zero attached hydrogens (tertiary/aromatic N) is 2. The van der Waals surface area contributed by atoms with Gasteiger partial charge in [-0.25, -0.2) is 4.98 Å². The molecule has 1 aromatic carbocycles. The molecular formula is C17H25N3S. The van der Waals surface area contributed by atoms with Gasteiger partial charge in [-0.2, -0.15) is 0 Å². The van der Waals surface area contributed by atoms with Crippen LogP contribution in [-0.4, -0.2) is 25.1 Å². The molecule has 0 spiro atoms. The highest BCUT2D eigenvalue weighted by molar-refractivity contribution is 7.13. The smallest absolute Gasteiger partial charge is 0.185 e. The fourth-order valence-corrected chi connectivity index (χ4v) is 3.20. The normalized spacial score (nSPS) is 13.9. The molecule has 1 heterocycles. The van der Waals surface area contributed by atoms with Crippen LogP contribution >= 0.6 is 11.3 Å². The minimum Gasteiger partial charge on any atom is -0.348 e. The van der Waals surface area contributed by atoms with Crippen LogP contribution in [-0.2, 0) is 6.42 Å². The van der Waals surface area contributed by atoms with Gasteiger partial charge in [0.25, 0.3) is 0 Å².